The molecule has 0 unspecified atom stereocenters. The van der Waals surface area contributed by atoms with E-state index in [0.29, 0.717) is 16.9 Å². The second kappa shape index (κ2) is 9.00. The van der Waals surface area contributed by atoms with Crippen LogP contribution in [0.15, 0.2) is 54.7 Å². The van der Waals surface area contributed by atoms with E-state index in [9.17, 15) is 4.79 Å². The van der Waals surface area contributed by atoms with Crippen LogP contribution in [0.1, 0.15) is 44.1 Å². The smallest absolute Gasteiger partial charge is 0.227 e. The van der Waals surface area contributed by atoms with E-state index < -0.39 is 0 Å². The molecule has 1 atom stereocenters. The molecule has 29 heavy (non-hydrogen) atoms. The molecule has 5 heteroatoms. The van der Waals surface area contributed by atoms with Gasteiger partial charge in [0.2, 0.25) is 5.91 Å². The quantitative estimate of drug-likeness (QED) is 0.376. The van der Waals surface area contributed by atoms with Gasteiger partial charge in [-0.05, 0) is 114 Å². The van der Waals surface area contributed by atoms with Gasteiger partial charge < -0.3 is 5.32 Å². The third-order valence-electron chi connectivity index (χ3n) is 6.18. The Balaban J connectivity index is 1.41. The molecular formula is C24H24ClIN2O. The van der Waals surface area contributed by atoms with Gasteiger partial charge >= 0.3 is 0 Å². The molecule has 2 aromatic carbocycles. The molecule has 1 aliphatic carbocycles. The predicted molar refractivity (Wildman–Crippen MR) is 128 cm³/mol. The Kier molecular flexibility index (Phi) is 6.40. The van der Waals surface area contributed by atoms with Crippen molar-refractivity contribution < 1.29 is 4.79 Å². The zero-order valence-electron chi connectivity index (χ0n) is 16.4. The van der Waals surface area contributed by atoms with Gasteiger partial charge in [0.25, 0.3) is 0 Å². The molecule has 1 heterocycles. The van der Waals surface area contributed by atoms with E-state index in [2.05, 4.69) is 64.1 Å². The van der Waals surface area contributed by atoms with E-state index in [0.717, 1.165) is 36.9 Å². The topological polar surface area (TPSA) is 42.0 Å². The summed E-state index contributed by atoms with van der Waals surface area (Å²) in [5.41, 5.74) is 3.28. The van der Waals surface area contributed by atoms with Crippen molar-refractivity contribution in [2.24, 2.45) is 11.8 Å². The van der Waals surface area contributed by atoms with Gasteiger partial charge in [-0.25, -0.2) is 0 Å². The van der Waals surface area contributed by atoms with Gasteiger partial charge in [-0.15, -0.1) is 0 Å². The molecule has 4 rings (SSSR count). The lowest BCUT2D eigenvalue weighted by molar-refractivity contribution is -0.121. The molecule has 1 fully saturated rings. The lowest BCUT2D eigenvalue weighted by Crippen LogP contribution is -2.29. The van der Waals surface area contributed by atoms with Crippen LogP contribution in [-0.4, -0.2) is 10.9 Å². The van der Waals surface area contributed by atoms with Crippen molar-refractivity contribution in [1.29, 1.82) is 0 Å². The van der Waals surface area contributed by atoms with E-state index in [1.165, 1.54) is 14.5 Å². The monoisotopic (exact) mass is 518 g/mol. The maximum absolute atomic E-state index is 12.7. The minimum Gasteiger partial charge on any atom is -0.326 e. The minimum absolute atomic E-state index is 0.00163. The number of amides is 1. The number of aromatic nitrogens is 1. The molecule has 1 aromatic heterocycles. The van der Waals surface area contributed by atoms with Crippen LogP contribution in [0.3, 0.4) is 0 Å². The first-order valence-electron chi connectivity index (χ1n) is 10.1. The van der Waals surface area contributed by atoms with Gasteiger partial charge in [-0.3, -0.25) is 9.78 Å². The van der Waals surface area contributed by atoms with Crippen LogP contribution >= 0.6 is 34.2 Å². The number of nitrogens with zero attached hydrogens (tertiary/aromatic N) is 1. The van der Waals surface area contributed by atoms with Crippen LogP contribution in [0.4, 0.5) is 5.69 Å². The van der Waals surface area contributed by atoms with Crippen molar-refractivity contribution in [1.82, 2.24) is 4.98 Å². The average molecular weight is 519 g/mol. The molecule has 1 saturated carbocycles. The molecule has 0 spiro atoms. The average Bonchev–Trinajstić information content (AvgIpc) is 2.74. The van der Waals surface area contributed by atoms with Gasteiger partial charge in [0, 0.05) is 31.8 Å². The summed E-state index contributed by atoms with van der Waals surface area (Å²) in [6.45, 7) is 2.06. The van der Waals surface area contributed by atoms with Crippen LogP contribution in [0.25, 0.3) is 10.9 Å². The maximum Gasteiger partial charge on any atom is 0.227 e. The van der Waals surface area contributed by atoms with Crippen molar-refractivity contribution >= 4 is 56.7 Å². The third-order valence-corrected chi connectivity index (χ3v) is 7.10. The Hall–Kier alpha value is -1.66. The molecule has 0 aliphatic heterocycles. The summed E-state index contributed by atoms with van der Waals surface area (Å²) in [5, 5.41) is 4.98. The molecule has 0 saturated heterocycles. The van der Waals surface area contributed by atoms with Crippen molar-refractivity contribution in [3.05, 3.63) is 68.9 Å². The number of carbonyl (C=O) groups is 1. The summed E-state index contributed by atoms with van der Waals surface area (Å²) in [7, 11) is 0. The van der Waals surface area contributed by atoms with Crippen LogP contribution in [-0.2, 0) is 4.79 Å². The van der Waals surface area contributed by atoms with Crippen LogP contribution < -0.4 is 5.32 Å². The van der Waals surface area contributed by atoms with E-state index in [4.69, 9.17) is 11.6 Å². The minimum atomic E-state index is 0.00163. The summed E-state index contributed by atoms with van der Waals surface area (Å²) in [6.07, 6.45) is 6.32. The van der Waals surface area contributed by atoms with Crippen molar-refractivity contribution in [2.75, 3.05) is 5.32 Å². The van der Waals surface area contributed by atoms with Crippen molar-refractivity contribution in [3.63, 3.8) is 0 Å². The Morgan fingerprint density at radius 3 is 2.55 bits per heavy atom. The van der Waals surface area contributed by atoms with E-state index >= 15 is 0 Å². The number of nitrogens with one attached hydrogen (secondary N) is 1. The molecule has 1 amide bonds. The highest BCUT2D eigenvalue weighted by molar-refractivity contribution is 14.1. The molecule has 0 radical (unpaired) electrons. The molecule has 150 valence electrons. The summed E-state index contributed by atoms with van der Waals surface area (Å²) in [5.74, 6) is 1.06. The molecule has 3 nitrogen and oxygen atoms in total. The summed E-state index contributed by atoms with van der Waals surface area (Å²) >= 11 is 8.29. The Bertz CT molecular complexity index is 1010. The highest BCUT2D eigenvalue weighted by Gasteiger charge is 2.30. The number of benzene rings is 2. The number of anilines is 1. The first kappa shape index (κ1) is 20.6. The van der Waals surface area contributed by atoms with Crippen molar-refractivity contribution in [2.45, 2.75) is 38.5 Å². The Labute approximate surface area is 190 Å². The molecule has 1 aliphatic rings. The second-order valence-corrected chi connectivity index (χ2v) is 9.64. The molecule has 3 aromatic rings. The number of pyridine rings is 1. The maximum atomic E-state index is 12.7. The van der Waals surface area contributed by atoms with Gasteiger partial charge in [-0.2, -0.15) is 0 Å². The number of halogens is 2. The van der Waals surface area contributed by atoms with Crippen LogP contribution in [0.5, 0.6) is 0 Å². The van der Waals surface area contributed by atoms with Gasteiger partial charge in [0.05, 0.1) is 5.52 Å². The van der Waals surface area contributed by atoms with E-state index in [1.807, 2.05) is 18.3 Å². The Morgan fingerprint density at radius 2 is 1.83 bits per heavy atom. The van der Waals surface area contributed by atoms with Gasteiger partial charge in [0.1, 0.15) is 0 Å². The fraction of sp³-hybridized carbons (Fsp3) is 0.333. The lowest BCUT2D eigenvalue weighted by Gasteiger charge is -2.32. The van der Waals surface area contributed by atoms with Crippen LogP contribution in [0.2, 0.25) is 5.02 Å². The fourth-order valence-corrected chi connectivity index (χ4v) is 5.05. The number of hydrogen-bond donors (Lipinski definition) is 1. The van der Waals surface area contributed by atoms with E-state index in [1.54, 1.807) is 12.1 Å². The van der Waals surface area contributed by atoms with Gasteiger partial charge in [-0.1, -0.05) is 18.5 Å². The molecule has 0 bridgehead atoms. The number of fused-ring (bicyclic) bond motifs is 1. The van der Waals surface area contributed by atoms with E-state index in [-0.39, 0.29) is 11.8 Å². The molecular weight excluding hydrogens is 495 g/mol. The highest BCUT2D eigenvalue weighted by Crippen LogP contribution is 2.41. The summed E-state index contributed by atoms with van der Waals surface area (Å²) < 4.78 is 1.24. The highest BCUT2D eigenvalue weighted by atomic mass is 127. The lowest BCUT2D eigenvalue weighted by atomic mass is 9.73. The van der Waals surface area contributed by atoms with Gasteiger partial charge in [0.15, 0.2) is 0 Å². The summed E-state index contributed by atoms with van der Waals surface area (Å²) in [4.78, 5) is 17.2. The largest absolute Gasteiger partial charge is 0.326 e. The normalized spacial score (nSPS) is 20.4. The third kappa shape index (κ3) is 4.75. The summed E-state index contributed by atoms with van der Waals surface area (Å²) in [6, 6.07) is 15.9. The fourth-order valence-electron chi connectivity index (χ4n) is 4.43. The number of carbonyl (C=O) groups excluding carboxylic acids is 1. The predicted octanol–water partition coefficient (Wildman–Crippen LogP) is 7.04. The second-order valence-electron chi connectivity index (χ2n) is 7.96. The molecule has 1 N–H and O–H groups in total. The Morgan fingerprint density at radius 1 is 1.10 bits per heavy atom. The SMILES string of the molecule is C[C@H](C(=O)Nc1ccc(Cl)cc1)[C@H]1CC[C@@H](c2ccnc3ccc(I)cc32)CC1. The standard InChI is InChI=1S/C24H24ClIN2O/c1-15(24(29)28-20-9-6-18(25)7-10-20)16-2-4-17(5-3-16)21-12-13-27-23-11-8-19(26)14-22(21)23/h6-17H,2-5H2,1H3,(H,28,29)/t15-,16-,17+/m0/s1. The number of hydrogen-bond acceptors (Lipinski definition) is 2. The first-order chi connectivity index (χ1) is 14.0. The zero-order chi connectivity index (χ0) is 20.4. The zero-order valence-corrected chi connectivity index (χ0v) is 19.3. The first-order valence-corrected chi connectivity index (χ1v) is 11.6. The van der Waals surface area contributed by atoms with Crippen molar-refractivity contribution in [3.8, 4) is 0 Å². The van der Waals surface area contributed by atoms with Crippen LogP contribution in [0, 0.1) is 15.4 Å². The number of rotatable bonds is 4.